The van der Waals surface area contributed by atoms with Crippen molar-refractivity contribution in [2.24, 2.45) is 5.92 Å². The number of carbonyl (C=O) groups is 1. The lowest BCUT2D eigenvalue weighted by Gasteiger charge is -2.11. The van der Waals surface area contributed by atoms with Crippen LogP contribution in [0.25, 0.3) is 0 Å². The monoisotopic (exact) mass is 200 g/mol. The first-order valence-corrected chi connectivity index (χ1v) is 5.65. The molecule has 1 atom stereocenters. The van der Waals surface area contributed by atoms with Gasteiger partial charge in [0.15, 0.2) is 0 Å². The summed E-state index contributed by atoms with van der Waals surface area (Å²) in [5, 5.41) is 0. The molecule has 0 amide bonds. The molecule has 0 N–H and O–H groups in total. The maximum absolute atomic E-state index is 11.2. The third-order valence-electron chi connectivity index (χ3n) is 2.63. The van der Waals surface area contributed by atoms with Gasteiger partial charge < -0.3 is 4.74 Å². The van der Waals surface area contributed by atoms with E-state index in [0.717, 1.165) is 11.3 Å². The first-order valence-electron chi connectivity index (χ1n) is 4.50. The zero-order valence-corrected chi connectivity index (χ0v) is 9.24. The van der Waals surface area contributed by atoms with Crippen LogP contribution in [0.2, 0.25) is 0 Å². The molecule has 1 unspecified atom stereocenters. The van der Waals surface area contributed by atoms with Crippen LogP contribution < -0.4 is 0 Å². The van der Waals surface area contributed by atoms with Crippen LogP contribution in [0, 0.1) is 5.92 Å². The Balaban J connectivity index is 2.71. The fourth-order valence-corrected chi connectivity index (χ4v) is 2.82. The zero-order valence-electron chi connectivity index (χ0n) is 8.42. The minimum atomic E-state index is -0.186. The normalized spacial score (nSPS) is 24.1. The summed E-state index contributed by atoms with van der Waals surface area (Å²) in [6, 6.07) is 0. The number of rotatable bonds is 2. The van der Waals surface area contributed by atoms with Crippen LogP contribution in [-0.2, 0) is 9.53 Å². The second-order valence-corrected chi connectivity index (χ2v) is 4.51. The number of carbonyl (C=O) groups excluding carboxylic acids is 1. The largest absolute Gasteiger partial charge is 0.466 e. The predicted octanol–water partition coefficient (Wildman–Crippen LogP) is 2.25. The highest BCUT2D eigenvalue weighted by molar-refractivity contribution is 7.99. The molecule has 3 heteroatoms. The lowest BCUT2D eigenvalue weighted by Crippen LogP contribution is -2.09. The molecular formula is C10H16O2S. The number of methoxy groups -OCH3 is 1. The predicted molar refractivity (Wildman–Crippen MR) is 55.8 cm³/mol. The third kappa shape index (κ3) is 2.50. The summed E-state index contributed by atoms with van der Waals surface area (Å²) in [6.07, 6.45) is 1.20. The van der Waals surface area contributed by atoms with Crippen molar-refractivity contribution in [1.29, 1.82) is 0 Å². The van der Waals surface area contributed by atoms with Gasteiger partial charge in [-0.2, -0.15) is 11.8 Å². The molecular weight excluding hydrogens is 184 g/mol. The standard InChI is InChI=1S/C10H16O2S/c1-7(8(2)10(11)12-3)9-4-5-13-6-9/h9H,4-6H2,1-3H3/b8-7+. The molecule has 0 aromatic rings. The van der Waals surface area contributed by atoms with Gasteiger partial charge in [-0.25, -0.2) is 4.79 Å². The van der Waals surface area contributed by atoms with Crippen LogP contribution in [-0.4, -0.2) is 24.6 Å². The topological polar surface area (TPSA) is 26.3 Å². The molecule has 2 nitrogen and oxygen atoms in total. The Morgan fingerprint density at radius 1 is 1.46 bits per heavy atom. The fraction of sp³-hybridized carbons (Fsp3) is 0.700. The molecule has 1 aliphatic heterocycles. The Morgan fingerprint density at radius 3 is 2.62 bits per heavy atom. The van der Waals surface area contributed by atoms with Gasteiger partial charge in [-0.1, -0.05) is 5.57 Å². The summed E-state index contributed by atoms with van der Waals surface area (Å²) in [4.78, 5) is 11.2. The maximum Gasteiger partial charge on any atom is 0.333 e. The Bertz CT molecular complexity index is 227. The van der Waals surface area contributed by atoms with E-state index in [2.05, 4.69) is 4.74 Å². The third-order valence-corrected chi connectivity index (χ3v) is 3.79. The average molecular weight is 200 g/mol. The van der Waals surface area contributed by atoms with E-state index >= 15 is 0 Å². The highest BCUT2D eigenvalue weighted by Gasteiger charge is 2.20. The molecule has 1 saturated heterocycles. The summed E-state index contributed by atoms with van der Waals surface area (Å²) >= 11 is 1.96. The molecule has 74 valence electrons. The molecule has 0 aliphatic carbocycles. The van der Waals surface area contributed by atoms with Crippen molar-refractivity contribution in [2.45, 2.75) is 20.3 Å². The molecule has 1 heterocycles. The summed E-state index contributed by atoms with van der Waals surface area (Å²) in [6.45, 7) is 3.90. The minimum Gasteiger partial charge on any atom is -0.466 e. The van der Waals surface area contributed by atoms with Gasteiger partial charge >= 0.3 is 5.97 Å². The van der Waals surface area contributed by atoms with Crippen molar-refractivity contribution >= 4 is 17.7 Å². The smallest absolute Gasteiger partial charge is 0.333 e. The second kappa shape index (κ2) is 4.70. The second-order valence-electron chi connectivity index (χ2n) is 3.36. The van der Waals surface area contributed by atoms with Crippen molar-refractivity contribution < 1.29 is 9.53 Å². The van der Waals surface area contributed by atoms with E-state index in [9.17, 15) is 4.79 Å². The highest BCUT2D eigenvalue weighted by Crippen LogP contribution is 2.30. The molecule has 0 aromatic heterocycles. The van der Waals surface area contributed by atoms with Gasteiger partial charge in [-0.15, -0.1) is 0 Å². The number of ether oxygens (including phenoxy) is 1. The van der Waals surface area contributed by atoms with Gasteiger partial charge in [0, 0.05) is 5.57 Å². The molecule has 0 radical (unpaired) electrons. The fourth-order valence-electron chi connectivity index (χ4n) is 1.50. The van der Waals surface area contributed by atoms with Gasteiger partial charge in [0.1, 0.15) is 0 Å². The Morgan fingerprint density at radius 2 is 2.15 bits per heavy atom. The van der Waals surface area contributed by atoms with Crippen molar-refractivity contribution in [3.8, 4) is 0 Å². The number of thioether (sulfide) groups is 1. The van der Waals surface area contributed by atoms with Crippen LogP contribution in [0.5, 0.6) is 0 Å². The minimum absolute atomic E-state index is 0.186. The van der Waals surface area contributed by atoms with Gasteiger partial charge in [-0.3, -0.25) is 0 Å². The molecule has 1 rings (SSSR count). The van der Waals surface area contributed by atoms with E-state index in [1.54, 1.807) is 0 Å². The molecule has 0 aromatic carbocycles. The van der Waals surface area contributed by atoms with E-state index in [4.69, 9.17) is 0 Å². The van der Waals surface area contributed by atoms with Gasteiger partial charge in [0.05, 0.1) is 7.11 Å². The van der Waals surface area contributed by atoms with Gasteiger partial charge in [0.25, 0.3) is 0 Å². The lowest BCUT2D eigenvalue weighted by molar-refractivity contribution is -0.136. The van der Waals surface area contributed by atoms with E-state index in [1.165, 1.54) is 24.9 Å². The van der Waals surface area contributed by atoms with E-state index < -0.39 is 0 Å². The Kier molecular flexibility index (Phi) is 3.85. The Hall–Kier alpha value is -0.440. The first kappa shape index (κ1) is 10.6. The zero-order chi connectivity index (χ0) is 9.84. The lowest BCUT2D eigenvalue weighted by atomic mass is 9.96. The number of esters is 1. The number of allylic oxidation sites excluding steroid dienone is 1. The van der Waals surface area contributed by atoms with Crippen LogP contribution in [0.3, 0.4) is 0 Å². The SMILES string of the molecule is COC(=O)/C(C)=C(\C)C1CCSC1. The van der Waals surface area contributed by atoms with Crippen molar-refractivity contribution in [3.05, 3.63) is 11.1 Å². The first-order chi connectivity index (χ1) is 6.16. The maximum atomic E-state index is 11.2. The van der Waals surface area contributed by atoms with E-state index in [1.807, 2.05) is 25.6 Å². The summed E-state index contributed by atoms with van der Waals surface area (Å²) in [5.74, 6) is 2.77. The van der Waals surface area contributed by atoms with E-state index in [0.29, 0.717) is 5.92 Å². The summed E-state index contributed by atoms with van der Waals surface area (Å²) in [5.41, 5.74) is 1.99. The molecule has 13 heavy (non-hydrogen) atoms. The molecule has 0 bridgehead atoms. The summed E-state index contributed by atoms with van der Waals surface area (Å²) in [7, 11) is 1.43. The van der Waals surface area contributed by atoms with Crippen LogP contribution in [0.15, 0.2) is 11.1 Å². The van der Waals surface area contributed by atoms with Crippen LogP contribution in [0.1, 0.15) is 20.3 Å². The molecule has 0 spiro atoms. The van der Waals surface area contributed by atoms with Crippen molar-refractivity contribution in [3.63, 3.8) is 0 Å². The molecule has 1 fully saturated rings. The summed E-state index contributed by atoms with van der Waals surface area (Å²) < 4.78 is 4.69. The van der Waals surface area contributed by atoms with Crippen molar-refractivity contribution in [2.75, 3.05) is 18.6 Å². The van der Waals surface area contributed by atoms with Crippen molar-refractivity contribution in [1.82, 2.24) is 0 Å². The average Bonchev–Trinajstić information content (AvgIpc) is 2.67. The van der Waals surface area contributed by atoms with Gasteiger partial charge in [0.2, 0.25) is 0 Å². The van der Waals surface area contributed by atoms with E-state index in [-0.39, 0.29) is 5.97 Å². The Labute approximate surface area is 83.7 Å². The van der Waals surface area contributed by atoms with Crippen LogP contribution in [0.4, 0.5) is 0 Å². The molecule has 0 saturated carbocycles. The number of hydrogen-bond acceptors (Lipinski definition) is 3. The van der Waals surface area contributed by atoms with Crippen LogP contribution >= 0.6 is 11.8 Å². The van der Waals surface area contributed by atoms with Gasteiger partial charge in [-0.05, 0) is 37.7 Å². The highest BCUT2D eigenvalue weighted by atomic mass is 32.2. The number of hydrogen-bond donors (Lipinski definition) is 0. The quantitative estimate of drug-likeness (QED) is 0.505. The molecule has 1 aliphatic rings.